The normalized spacial score (nSPS) is 10.3. The molecule has 18 heavy (non-hydrogen) atoms. The molecular weight excluding hydrogens is 242 g/mol. The second-order valence-corrected chi connectivity index (χ2v) is 5.20. The molecule has 0 fully saturated rings. The van der Waals surface area contributed by atoms with Crippen molar-refractivity contribution in [3.8, 4) is 0 Å². The van der Waals surface area contributed by atoms with E-state index in [-0.39, 0.29) is 5.78 Å². The van der Waals surface area contributed by atoms with Crippen LogP contribution in [-0.2, 0) is 0 Å². The van der Waals surface area contributed by atoms with Crippen LogP contribution in [0.4, 0.5) is 5.69 Å². The maximum atomic E-state index is 12.0. The smallest absolute Gasteiger partial charge is 0.173 e. The fourth-order valence-electron chi connectivity index (χ4n) is 1.58. The Hall–Kier alpha value is -1.74. The van der Waals surface area contributed by atoms with E-state index in [4.69, 9.17) is 5.73 Å². The number of Topliss-reactive ketones (excluding diaryl/α,β-unsaturated/α-hetero) is 1. The first kappa shape index (κ1) is 12.7. The van der Waals surface area contributed by atoms with E-state index in [1.54, 1.807) is 0 Å². The number of carbonyl (C=O) groups excluding carboxylic acids is 1. The van der Waals surface area contributed by atoms with Gasteiger partial charge in [0.2, 0.25) is 0 Å². The lowest BCUT2D eigenvalue weighted by atomic mass is 10.1. The average Bonchev–Trinajstić information content (AvgIpc) is 2.37. The minimum Gasteiger partial charge on any atom is -0.399 e. The van der Waals surface area contributed by atoms with Crippen molar-refractivity contribution in [1.82, 2.24) is 0 Å². The molecule has 0 unspecified atom stereocenters. The summed E-state index contributed by atoms with van der Waals surface area (Å²) in [6.45, 7) is 2.01. The number of carbonyl (C=O) groups is 1. The third-order valence-corrected chi connectivity index (χ3v) is 3.60. The van der Waals surface area contributed by atoms with Crippen molar-refractivity contribution < 1.29 is 4.79 Å². The van der Waals surface area contributed by atoms with E-state index < -0.39 is 0 Å². The molecule has 0 aliphatic heterocycles. The Labute approximate surface area is 111 Å². The second kappa shape index (κ2) is 5.74. The topological polar surface area (TPSA) is 43.1 Å². The zero-order chi connectivity index (χ0) is 13.0. The van der Waals surface area contributed by atoms with Crippen LogP contribution in [-0.4, -0.2) is 11.5 Å². The van der Waals surface area contributed by atoms with Gasteiger partial charge in [0, 0.05) is 16.1 Å². The summed E-state index contributed by atoms with van der Waals surface area (Å²) in [5, 5.41) is 0. The zero-order valence-corrected chi connectivity index (χ0v) is 11.0. The van der Waals surface area contributed by atoms with Crippen LogP contribution in [0.15, 0.2) is 53.4 Å². The monoisotopic (exact) mass is 257 g/mol. The van der Waals surface area contributed by atoms with Crippen LogP contribution in [0, 0.1) is 6.92 Å². The van der Waals surface area contributed by atoms with Crippen LogP contribution >= 0.6 is 11.8 Å². The summed E-state index contributed by atoms with van der Waals surface area (Å²) in [5.74, 6) is 0.578. The summed E-state index contributed by atoms with van der Waals surface area (Å²) in [5.41, 5.74) is 8.34. The van der Waals surface area contributed by atoms with E-state index >= 15 is 0 Å². The van der Waals surface area contributed by atoms with Crippen LogP contribution in [0.5, 0.6) is 0 Å². The summed E-state index contributed by atoms with van der Waals surface area (Å²) in [7, 11) is 0. The largest absolute Gasteiger partial charge is 0.399 e. The maximum Gasteiger partial charge on any atom is 0.173 e. The number of ketones is 1. The molecule has 2 N–H and O–H groups in total. The highest BCUT2D eigenvalue weighted by molar-refractivity contribution is 8.00. The zero-order valence-electron chi connectivity index (χ0n) is 10.2. The van der Waals surface area contributed by atoms with E-state index in [0.717, 1.165) is 21.7 Å². The molecule has 0 heterocycles. The van der Waals surface area contributed by atoms with Crippen molar-refractivity contribution in [3.05, 3.63) is 59.7 Å². The molecule has 0 bridgehead atoms. The molecule has 3 heteroatoms. The first-order chi connectivity index (χ1) is 8.65. The molecule has 2 rings (SSSR count). The van der Waals surface area contributed by atoms with E-state index in [1.165, 1.54) is 11.8 Å². The standard InChI is InChI=1S/C15H15NOS/c1-11-5-7-12(8-6-11)15(17)10-18-14-4-2-3-13(16)9-14/h2-9H,10,16H2,1H3. The number of hydrogen-bond donors (Lipinski definition) is 1. The Morgan fingerprint density at radius 3 is 2.56 bits per heavy atom. The quantitative estimate of drug-likeness (QED) is 0.517. The van der Waals surface area contributed by atoms with Crippen LogP contribution in [0.1, 0.15) is 15.9 Å². The lowest BCUT2D eigenvalue weighted by Crippen LogP contribution is -2.02. The Bertz CT molecular complexity index is 549. The third-order valence-electron chi connectivity index (χ3n) is 2.60. The molecule has 2 nitrogen and oxygen atoms in total. The Balaban J connectivity index is 1.98. The Morgan fingerprint density at radius 2 is 1.89 bits per heavy atom. The molecule has 0 saturated carbocycles. The SMILES string of the molecule is Cc1ccc(C(=O)CSc2cccc(N)c2)cc1. The summed E-state index contributed by atoms with van der Waals surface area (Å²) in [4.78, 5) is 13.0. The number of aryl methyl sites for hydroxylation is 1. The second-order valence-electron chi connectivity index (χ2n) is 4.15. The van der Waals surface area contributed by atoms with Crippen molar-refractivity contribution in [2.24, 2.45) is 0 Å². The number of benzene rings is 2. The molecule has 2 aromatic rings. The third kappa shape index (κ3) is 3.37. The van der Waals surface area contributed by atoms with Gasteiger partial charge >= 0.3 is 0 Å². The van der Waals surface area contributed by atoms with Gasteiger partial charge < -0.3 is 5.73 Å². The number of anilines is 1. The highest BCUT2D eigenvalue weighted by Gasteiger charge is 2.06. The molecule has 0 aliphatic carbocycles. The van der Waals surface area contributed by atoms with E-state index in [2.05, 4.69) is 0 Å². The molecule has 0 aliphatic rings. The minimum atomic E-state index is 0.141. The predicted molar refractivity (Wildman–Crippen MR) is 77.1 cm³/mol. The molecule has 92 valence electrons. The molecule has 0 radical (unpaired) electrons. The van der Waals surface area contributed by atoms with Gasteiger partial charge in [0.25, 0.3) is 0 Å². The molecule has 0 amide bonds. The van der Waals surface area contributed by atoms with Gasteiger partial charge in [-0.15, -0.1) is 11.8 Å². The molecule has 2 aromatic carbocycles. The molecule has 0 saturated heterocycles. The lowest BCUT2D eigenvalue weighted by Gasteiger charge is -2.03. The van der Waals surface area contributed by atoms with Crippen molar-refractivity contribution in [2.45, 2.75) is 11.8 Å². The van der Waals surface area contributed by atoms with Crippen molar-refractivity contribution in [1.29, 1.82) is 0 Å². The van der Waals surface area contributed by atoms with Gasteiger partial charge in [0.05, 0.1) is 5.75 Å². The minimum absolute atomic E-state index is 0.141. The number of hydrogen-bond acceptors (Lipinski definition) is 3. The highest BCUT2D eigenvalue weighted by atomic mass is 32.2. The summed E-state index contributed by atoms with van der Waals surface area (Å²) in [6.07, 6.45) is 0. The van der Waals surface area contributed by atoms with Gasteiger partial charge in [0.1, 0.15) is 0 Å². The van der Waals surface area contributed by atoms with Gasteiger partial charge in [-0.3, -0.25) is 4.79 Å². The number of rotatable bonds is 4. The summed E-state index contributed by atoms with van der Waals surface area (Å²) in [6, 6.07) is 15.2. The van der Waals surface area contributed by atoms with Gasteiger partial charge in [-0.25, -0.2) is 0 Å². The van der Waals surface area contributed by atoms with Crippen LogP contribution < -0.4 is 5.73 Å². The van der Waals surface area contributed by atoms with Crippen LogP contribution in [0.25, 0.3) is 0 Å². The first-order valence-electron chi connectivity index (χ1n) is 5.73. The van der Waals surface area contributed by atoms with Crippen molar-refractivity contribution >= 4 is 23.2 Å². The van der Waals surface area contributed by atoms with E-state index in [1.807, 2.05) is 55.5 Å². The summed E-state index contributed by atoms with van der Waals surface area (Å²) >= 11 is 1.51. The van der Waals surface area contributed by atoms with Crippen LogP contribution in [0.2, 0.25) is 0 Å². The number of thioether (sulfide) groups is 1. The highest BCUT2D eigenvalue weighted by Crippen LogP contribution is 2.21. The van der Waals surface area contributed by atoms with Gasteiger partial charge in [-0.2, -0.15) is 0 Å². The fourth-order valence-corrected chi connectivity index (χ4v) is 2.43. The van der Waals surface area contributed by atoms with Gasteiger partial charge in [-0.1, -0.05) is 35.9 Å². The van der Waals surface area contributed by atoms with E-state index in [9.17, 15) is 4.79 Å². The predicted octanol–water partition coefficient (Wildman–Crippen LogP) is 3.55. The fraction of sp³-hybridized carbons (Fsp3) is 0.133. The van der Waals surface area contributed by atoms with Crippen molar-refractivity contribution in [2.75, 3.05) is 11.5 Å². The molecular formula is C15H15NOS. The average molecular weight is 257 g/mol. The Kier molecular flexibility index (Phi) is 4.05. The van der Waals surface area contributed by atoms with Crippen LogP contribution in [0.3, 0.4) is 0 Å². The van der Waals surface area contributed by atoms with Crippen molar-refractivity contribution in [3.63, 3.8) is 0 Å². The first-order valence-corrected chi connectivity index (χ1v) is 6.72. The van der Waals surface area contributed by atoms with Gasteiger partial charge in [0.15, 0.2) is 5.78 Å². The van der Waals surface area contributed by atoms with E-state index in [0.29, 0.717) is 5.75 Å². The Morgan fingerprint density at radius 1 is 1.17 bits per heavy atom. The maximum absolute atomic E-state index is 12.0. The van der Waals surface area contributed by atoms with Gasteiger partial charge in [-0.05, 0) is 25.1 Å². The number of nitrogen functional groups attached to an aromatic ring is 1. The summed E-state index contributed by atoms with van der Waals surface area (Å²) < 4.78 is 0. The number of nitrogens with two attached hydrogens (primary N) is 1. The molecule has 0 spiro atoms. The molecule has 0 atom stereocenters. The lowest BCUT2D eigenvalue weighted by molar-refractivity contribution is 0.102. The molecule has 0 aromatic heterocycles.